The second-order valence-corrected chi connectivity index (χ2v) is 12.6. The summed E-state index contributed by atoms with van der Waals surface area (Å²) in [5, 5.41) is 41.8. The smallest absolute Gasteiger partial charge is 0.209 e. The lowest BCUT2D eigenvalue weighted by Crippen LogP contribution is -2.36. The number of thiophene rings is 1. The van der Waals surface area contributed by atoms with Crippen molar-refractivity contribution in [3.63, 3.8) is 0 Å². The number of anilines is 1. The molecule has 0 spiro atoms. The first-order valence-electron chi connectivity index (χ1n) is 11.3. The molecule has 37 heavy (non-hydrogen) atoms. The van der Waals surface area contributed by atoms with Crippen LogP contribution < -0.4 is 10.5 Å². The van der Waals surface area contributed by atoms with Crippen LogP contribution in [0.2, 0.25) is 0 Å². The molecule has 14 heteroatoms. The third kappa shape index (κ3) is 6.22. The largest absolute Gasteiger partial charge is 0.390 e. The highest BCUT2D eigenvalue weighted by atomic mass is 79.9. The van der Waals surface area contributed by atoms with E-state index in [1.54, 1.807) is 36.6 Å². The number of sulfonamides is 1. The number of carbonyl (C=O) groups is 1. The van der Waals surface area contributed by atoms with Gasteiger partial charge < -0.3 is 20.6 Å². The number of nitrogens with two attached hydrogens (primary N) is 1. The first kappa shape index (κ1) is 27.7. The van der Waals surface area contributed by atoms with E-state index < -0.39 is 45.6 Å². The Balaban J connectivity index is 1.53. The number of nitrogens with one attached hydrogen (secondary N) is 1. The molecule has 11 nitrogen and oxygen atoms in total. The average Bonchev–Trinajstić information content (AvgIpc) is 3.44. The summed E-state index contributed by atoms with van der Waals surface area (Å²) < 4.78 is 23.2. The third-order valence-electron chi connectivity index (χ3n) is 6.45. The Hall–Kier alpha value is -2.33. The maximum Gasteiger partial charge on any atom is 0.209 e. The summed E-state index contributed by atoms with van der Waals surface area (Å²) in [6.07, 6.45) is 0.579. The quantitative estimate of drug-likeness (QED) is 0.174. The number of ketones is 1. The third-order valence-corrected chi connectivity index (χ3v) is 8.63. The molecule has 6 N–H and O–H groups in total. The Kier molecular flexibility index (Phi) is 8.09. The fourth-order valence-corrected chi connectivity index (χ4v) is 6.27. The summed E-state index contributed by atoms with van der Waals surface area (Å²) in [6.45, 7) is 1.59. The molecule has 0 aromatic carbocycles. The fraction of sp³-hybridized carbons (Fsp3) is 0.391. The van der Waals surface area contributed by atoms with Crippen molar-refractivity contribution in [2.45, 2.75) is 43.6 Å². The monoisotopic (exact) mass is 611 g/mol. The summed E-state index contributed by atoms with van der Waals surface area (Å²) in [4.78, 5) is 26.2. The Labute approximate surface area is 226 Å². The van der Waals surface area contributed by atoms with Crippen molar-refractivity contribution in [2.75, 3.05) is 11.1 Å². The summed E-state index contributed by atoms with van der Waals surface area (Å²) in [5.41, 5.74) is -0.395. The van der Waals surface area contributed by atoms with Crippen molar-refractivity contribution in [1.29, 1.82) is 0 Å². The Morgan fingerprint density at radius 1 is 1.32 bits per heavy atom. The van der Waals surface area contributed by atoms with Crippen molar-refractivity contribution < 1.29 is 28.5 Å². The van der Waals surface area contributed by atoms with Crippen molar-refractivity contribution in [1.82, 2.24) is 15.0 Å². The van der Waals surface area contributed by atoms with Crippen molar-refractivity contribution in [3.05, 3.63) is 68.5 Å². The van der Waals surface area contributed by atoms with E-state index >= 15 is 0 Å². The van der Waals surface area contributed by atoms with Crippen LogP contribution in [0.4, 0.5) is 5.82 Å². The van der Waals surface area contributed by atoms with Crippen LogP contribution in [0.15, 0.2) is 46.8 Å². The first-order chi connectivity index (χ1) is 17.4. The topological polar surface area (TPSA) is 189 Å². The van der Waals surface area contributed by atoms with Gasteiger partial charge in [-0.05, 0) is 65.2 Å². The molecule has 1 unspecified atom stereocenters. The first-order valence-corrected chi connectivity index (χ1v) is 14.7. The Bertz CT molecular complexity index is 1400. The van der Waals surface area contributed by atoms with Gasteiger partial charge in [-0.2, -0.15) is 0 Å². The van der Waals surface area contributed by atoms with Crippen molar-refractivity contribution >= 4 is 48.9 Å². The van der Waals surface area contributed by atoms with E-state index in [9.17, 15) is 28.5 Å². The van der Waals surface area contributed by atoms with Gasteiger partial charge in [-0.3, -0.25) is 4.79 Å². The summed E-state index contributed by atoms with van der Waals surface area (Å²) >= 11 is 4.45. The lowest BCUT2D eigenvalue weighted by molar-refractivity contribution is 0.0168. The average molecular weight is 613 g/mol. The van der Waals surface area contributed by atoms with Gasteiger partial charge in [-0.15, -0.1) is 11.3 Å². The highest BCUT2D eigenvalue weighted by Gasteiger charge is 2.42. The predicted octanol–water partition coefficient (Wildman–Crippen LogP) is 1.38. The number of aromatic nitrogens is 3. The number of hydrogen-bond donors (Lipinski definition) is 5. The molecule has 1 aliphatic rings. The minimum Gasteiger partial charge on any atom is -0.390 e. The van der Waals surface area contributed by atoms with E-state index in [0.29, 0.717) is 20.7 Å². The van der Waals surface area contributed by atoms with Crippen LogP contribution in [-0.4, -0.2) is 68.5 Å². The molecule has 3 aromatic rings. The lowest BCUT2D eigenvalue weighted by atomic mass is 9.94. The molecule has 0 saturated heterocycles. The highest BCUT2D eigenvalue weighted by molar-refractivity contribution is 9.10. The van der Waals surface area contributed by atoms with Crippen LogP contribution in [-0.2, 0) is 15.6 Å². The van der Waals surface area contributed by atoms with E-state index in [2.05, 4.69) is 36.2 Å². The molecule has 4 rings (SSSR count). The number of pyridine rings is 1. The van der Waals surface area contributed by atoms with E-state index in [0.717, 1.165) is 11.3 Å². The van der Waals surface area contributed by atoms with Gasteiger partial charge in [0.25, 0.3) is 0 Å². The van der Waals surface area contributed by atoms with Crippen LogP contribution in [0.5, 0.6) is 0 Å². The van der Waals surface area contributed by atoms with Gasteiger partial charge in [0.05, 0.1) is 34.0 Å². The van der Waals surface area contributed by atoms with Crippen LogP contribution in [0.25, 0.3) is 0 Å². The van der Waals surface area contributed by atoms with E-state index in [1.165, 1.54) is 12.5 Å². The van der Waals surface area contributed by atoms with Gasteiger partial charge in [0, 0.05) is 11.8 Å². The van der Waals surface area contributed by atoms with Crippen LogP contribution in [0.1, 0.15) is 46.3 Å². The molecule has 1 aliphatic carbocycles. The molecular formula is C23H26BrN5O6S2. The molecule has 1 fully saturated rings. The number of rotatable bonds is 9. The van der Waals surface area contributed by atoms with E-state index in [1.807, 2.05) is 0 Å². The zero-order valence-corrected chi connectivity index (χ0v) is 22.9. The van der Waals surface area contributed by atoms with Crippen LogP contribution in [0.3, 0.4) is 0 Å². The fourth-order valence-electron chi connectivity index (χ4n) is 4.33. The van der Waals surface area contributed by atoms with Gasteiger partial charge in [0.15, 0.2) is 0 Å². The second kappa shape index (κ2) is 10.8. The van der Waals surface area contributed by atoms with Gasteiger partial charge in [-0.1, -0.05) is 6.07 Å². The van der Waals surface area contributed by atoms with Gasteiger partial charge >= 0.3 is 0 Å². The highest BCUT2D eigenvalue weighted by Crippen LogP contribution is 2.35. The van der Waals surface area contributed by atoms with Crippen molar-refractivity contribution in [3.8, 4) is 0 Å². The Morgan fingerprint density at radius 2 is 2.08 bits per heavy atom. The summed E-state index contributed by atoms with van der Waals surface area (Å²) in [6, 6.07) is 6.10. The van der Waals surface area contributed by atoms with Gasteiger partial charge in [0.1, 0.15) is 28.5 Å². The molecule has 0 aliphatic heterocycles. The predicted molar refractivity (Wildman–Crippen MR) is 141 cm³/mol. The summed E-state index contributed by atoms with van der Waals surface area (Å²) in [7, 11) is -3.71. The standard InChI is InChI=1S/C23H26BrN5O6S2/c1-23(33,17-3-2-4-18(24)29-17)13-8-16(36-10-13)20(31)14-9-26-11-27-22(14)28-15-7-12(19(30)21(15)32)5-6-37(25,34)35/h2-4,8-12,15,19,21,30,32-33H,5-7H2,1H3,(H2,25,34,35)(H,26,27,28)/t12-,15+,19+,21-,23?/m0/s1. The number of aliphatic hydroxyl groups is 3. The number of nitrogens with zero attached hydrogens (tertiary/aromatic N) is 3. The maximum absolute atomic E-state index is 13.4. The molecule has 3 aromatic heterocycles. The van der Waals surface area contributed by atoms with Gasteiger partial charge in [0.2, 0.25) is 15.8 Å². The molecule has 1 saturated carbocycles. The van der Waals surface area contributed by atoms with Gasteiger partial charge in [-0.25, -0.2) is 28.5 Å². The number of aliphatic hydroxyl groups excluding tert-OH is 2. The molecular weight excluding hydrogens is 586 g/mol. The zero-order chi connectivity index (χ0) is 27.0. The van der Waals surface area contributed by atoms with E-state index in [4.69, 9.17) is 5.14 Å². The summed E-state index contributed by atoms with van der Waals surface area (Å²) in [5.74, 6) is -1.04. The number of carbonyl (C=O) groups excluding carboxylic acids is 1. The molecule has 5 atom stereocenters. The van der Waals surface area contributed by atoms with Crippen LogP contribution in [0, 0.1) is 5.92 Å². The number of hydrogen-bond acceptors (Lipinski definition) is 11. The SMILES string of the molecule is CC(O)(c1csc(C(=O)c2cncnc2N[C@@H]2C[C@H](CCS(N)(=O)=O)[C@@H](O)[C@H]2O)c1)c1cccc(Br)n1. The molecule has 0 radical (unpaired) electrons. The Morgan fingerprint density at radius 3 is 2.78 bits per heavy atom. The van der Waals surface area contributed by atoms with E-state index in [-0.39, 0.29) is 30.0 Å². The number of primary sulfonamides is 1. The maximum atomic E-state index is 13.4. The molecule has 3 heterocycles. The minimum absolute atomic E-state index is 0.0928. The minimum atomic E-state index is -3.71. The number of halogens is 1. The van der Waals surface area contributed by atoms with Crippen molar-refractivity contribution in [2.24, 2.45) is 11.1 Å². The molecule has 0 bridgehead atoms. The lowest BCUT2D eigenvalue weighted by Gasteiger charge is -2.21. The second-order valence-electron chi connectivity index (χ2n) is 9.12. The molecule has 198 valence electrons. The zero-order valence-electron chi connectivity index (χ0n) is 19.7. The molecule has 0 amide bonds. The normalized spacial score (nSPS) is 23.5. The van der Waals surface area contributed by atoms with Crippen LogP contribution >= 0.6 is 27.3 Å².